The second kappa shape index (κ2) is 5.18. The number of aliphatic hydroxyl groups is 1. The molecule has 0 aliphatic rings. The van der Waals surface area contributed by atoms with E-state index in [-0.39, 0.29) is 6.61 Å². The molecule has 5 nitrogen and oxygen atoms in total. The highest BCUT2D eigenvalue weighted by Gasteiger charge is 2.13. The lowest BCUT2D eigenvalue weighted by atomic mass is 10.1. The van der Waals surface area contributed by atoms with Crippen molar-refractivity contribution in [1.82, 2.24) is 4.73 Å². The van der Waals surface area contributed by atoms with Crippen LogP contribution < -0.4 is 4.28 Å². The Balaban J connectivity index is 2.52. The molecule has 0 aliphatic carbocycles. The summed E-state index contributed by atoms with van der Waals surface area (Å²) in [5.41, 5.74) is 1.20. The number of rotatable bonds is 5. The van der Waals surface area contributed by atoms with Crippen LogP contribution in [-0.2, 0) is 16.5 Å². The van der Waals surface area contributed by atoms with E-state index < -0.39 is 15.9 Å². The molecule has 1 N–H and O–H groups in total. The summed E-state index contributed by atoms with van der Waals surface area (Å²) in [5, 5.41) is 9.42. The van der Waals surface area contributed by atoms with Crippen molar-refractivity contribution < 1.29 is 22.2 Å². The van der Waals surface area contributed by atoms with Gasteiger partial charge in [0.15, 0.2) is 0 Å². The van der Waals surface area contributed by atoms with Gasteiger partial charge in [0.25, 0.3) is 0 Å². The fraction of sp³-hybridized carbons (Fsp3) is 0.333. The van der Waals surface area contributed by atoms with Crippen LogP contribution in [0.1, 0.15) is 12.0 Å². The minimum atomic E-state index is -3.67. The molecule has 7 heteroatoms. The molecule has 0 aliphatic heterocycles. The van der Waals surface area contributed by atoms with Gasteiger partial charge in [-0.1, -0.05) is 0 Å². The molecule has 0 bridgehead atoms. The van der Waals surface area contributed by atoms with Crippen LogP contribution in [0.5, 0.6) is 0 Å². The van der Waals surface area contributed by atoms with Gasteiger partial charge in [-0.15, -0.1) is 0 Å². The van der Waals surface area contributed by atoms with Gasteiger partial charge in [0.05, 0.1) is 11.8 Å². The third-order valence-electron chi connectivity index (χ3n) is 2.64. The first kappa shape index (κ1) is 13.8. The van der Waals surface area contributed by atoms with Crippen molar-refractivity contribution in [2.75, 3.05) is 12.9 Å². The van der Waals surface area contributed by atoms with Crippen molar-refractivity contribution in [3.8, 4) is 0 Å². The first-order valence-corrected chi connectivity index (χ1v) is 7.52. The van der Waals surface area contributed by atoms with E-state index in [1.807, 2.05) is 0 Å². The van der Waals surface area contributed by atoms with Gasteiger partial charge in [0, 0.05) is 18.2 Å². The summed E-state index contributed by atoms with van der Waals surface area (Å²) in [6, 6.07) is 4.02. The molecule has 19 heavy (non-hydrogen) atoms. The fourth-order valence-corrected chi connectivity index (χ4v) is 2.33. The zero-order valence-corrected chi connectivity index (χ0v) is 11.2. The number of halogens is 1. The van der Waals surface area contributed by atoms with Crippen molar-refractivity contribution in [2.45, 2.75) is 12.8 Å². The monoisotopic (exact) mass is 287 g/mol. The number of aliphatic hydroxyl groups excluding tert-OH is 1. The van der Waals surface area contributed by atoms with Crippen molar-refractivity contribution in [1.29, 1.82) is 0 Å². The minimum absolute atomic E-state index is 0.00885. The van der Waals surface area contributed by atoms with Gasteiger partial charge in [0.1, 0.15) is 5.82 Å². The van der Waals surface area contributed by atoms with Crippen molar-refractivity contribution in [2.24, 2.45) is 0 Å². The van der Waals surface area contributed by atoms with Crippen molar-refractivity contribution in [3.63, 3.8) is 0 Å². The largest absolute Gasteiger partial charge is 0.396 e. The number of nitrogens with zero attached hydrogens (tertiary/aromatic N) is 1. The molecule has 104 valence electrons. The Morgan fingerprint density at radius 2 is 2.16 bits per heavy atom. The number of hydrogen-bond acceptors (Lipinski definition) is 4. The van der Waals surface area contributed by atoms with E-state index in [2.05, 4.69) is 0 Å². The molecule has 0 amide bonds. The fourth-order valence-electron chi connectivity index (χ4n) is 1.91. The molecule has 0 saturated heterocycles. The minimum Gasteiger partial charge on any atom is -0.396 e. The summed E-state index contributed by atoms with van der Waals surface area (Å²) in [6.45, 7) is 0.00885. The standard InChI is InChI=1S/C12H14FNO4S/c1-19(16,17)18-14-8-9(3-2-6-15)11-7-10(13)4-5-12(11)14/h4-5,7-8,15H,2-3,6H2,1H3. The third kappa shape index (κ3) is 3.24. The normalized spacial score (nSPS) is 11.9. The van der Waals surface area contributed by atoms with E-state index in [1.54, 1.807) is 0 Å². The molecule has 0 unspecified atom stereocenters. The first-order valence-electron chi connectivity index (χ1n) is 5.71. The zero-order chi connectivity index (χ0) is 14.0. The SMILES string of the molecule is CS(=O)(=O)On1cc(CCCO)c2cc(F)ccc21. The maximum Gasteiger partial charge on any atom is 0.324 e. The highest BCUT2D eigenvalue weighted by molar-refractivity contribution is 7.86. The van der Waals surface area contributed by atoms with Gasteiger partial charge >= 0.3 is 10.1 Å². The molecule has 1 aromatic heterocycles. The van der Waals surface area contributed by atoms with Crippen LogP contribution in [0.3, 0.4) is 0 Å². The van der Waals surface area contributed by atoms with E-state index in [9.17, 15) is 12.8 Å². The van der Waals surface area contributed by atoms with Crippen LogP contribution in [-0.4, -0.2) is 31.1 Å². The Morgan fingerprint density at radius 1 is 1.42 bits per heavy atom. The Morgan fingerprint density at radius 3 is 2.79 bits per heavy atom. The summed E-state index contributed by atoms with van der Waals surface area (Å²) in [4.78, 5) is 0. The lowest BCUT2D eigenvalue weighted by molar-refractivity contribution is 0.286. The van der Waals surface area contributed by atoms with Crippen LogP contribution in [0.2, 0.25) is 0 Å². The van der Waals surface area contributed by atoms with Gasteiger partial charge in [-0.05, 0) is 36.6 Å². The molecule has 1 heterocycles. The first-order chi connectivity index (χ1) is 8.90. The van der Waals surface area contributed by atoms with Crippen LogP contribution >= 0.6 is 0 Å². The van der Waals surface area contributed by atoms with Crippen LogP contribution in [0, 0.1) is 5.82 Å². The van der Waals surface area contributed by atoms with Gasteiger partial charge in [-0.25, -0.2) is 4.39 Å². The second-order valence-corrected chi connectivity index (χ2v) is 5.80. The molecule has 2 rings (SSSR count). The van der Waals surface area contributed by atoms with Crippen LogP contribution in [0.25, 0.3) is 10.9 Å². The molecule has 0 atom stereocenters. The third-order valence-corrected chi connectivity index (χ3v) is 3.07. The molecule has 0 fully saturated rings. The summed E-state index contributed by atoms with van der Waals surface area (Å²) >= 11 is 0. The van der Waals surface area contributed by atoms with E-state index >= 15 is 0 Å². The Labute approximate surface area is 110 Å². The van der Waals surface area contributed by atoms with Gasteiger partial charge < -0.3 is 5.11 Å². The maximum atomic E-state index is 13.3. The molecule has 0 saturated carbocycles. The average molecular weight is 287 g/mol. The molecular formula is C12H14FNO4S. The van der Waals surface area contributed by atoms with E-state index in [0.717, 1.165) is 16.5 Å². The van der Waals surface area contributed by atoms with Crippen molar-refractivity contribution in [3.05, 3.63) is 35.8 Å². The van der Waals surface area contributed by atoms with Crippen LogP contribution in [0.15, 0.2) is 24.4 Å². The highest BCUT2D eigenvalue weighted by atomic mass is 32.2. The highest BCUT2D eigenvalue weighted by Crippen LogP contribution is 2.23. The Hall–Kier alpha value is -1.60. The molecule has 0 radical (unpaired) electrons. The Bertz CT molecular complexity index is 693. The molecule has 1 aromatic carbocycles. The lowest BCUT2D eigenvalue weighted by Gasteiger charge is -2.03. The lowest BCUT2D eigenvalue weighted by Crippen LogP contribution is -2.17. The number of benzene rings is 1. The average Bonchev–Trinajstić information content (AvgIpc) is 2.62. The zero-order valence-electron chi connectivity index (χ0n) is 10.3. The maximum absolute atomic E-state index is 13.3. The second-order valence-electron chi connectivity index (χ2n) is 4.25. The summed E-state index contributed by atoms with van der Waals surface area (Å²) in [6.07, 6.45) is 3.46. The van der Waals surface area contributed by atoms with Gasteiger partial charge in [-0.2, -0.15) is 13.1 Å². The number of hydrogen-bond donors (Lipinski definition) is 1. The smallest absolute Gasteiger partial charge is 0.324 e. The number of fused-ring (bicyclic) bond motifs is 1. The predicted molar refractivity (Wildman–Crippen MR) is 68.7 cm³/mol. The van der Waals surface area contributed by atoms with Gasteiger partial charge in [-0.3, -0.25) is 4.28 Å². The van der Waals surface area contributed by atoms with E-state index in [4.69, 9.17) is 9.39 Å². The quantitative estimate of drug-likeness (QED) is 0.894. The Kier molecular flexibility index (Phi) is 3.77. The molecule has 2 aromatic rings. The number of aromatic nitrogens is 1. The molecular weight excluding hydrogens is 273 g/mol. The van der Waals surface area contributed by atoms with Gasteiger partial charge in [0.2, 0.25) is 0 Å². The number of aryl methyl sites for hydroxylation is 1. The van der Waals surface area contributed by atoms with Crippen LogP contribution in [0.4, 0.5) is 4.39 Å². The predicted octanol–water partition coefficient (Wildman–Crippen LogP) is 1.09. The van der Waals surface area contributed by atoms with Crippen molar-refractivity contribution >= 4 is 21.0 Å². The van der Waals surface area contributed by atoms with E-state index in [0.29, 0.717) is 23.7 Å². The summed E-state index contributed by atoms with van der Waals surface area (Å²) in [5.74, 6) is -0.408. The topological polar surface area (TPSA) is 68.5 Å². The summed E-state index contributed by atoms with van der Waals surface area (Å²) < 4.78 is 41.6. The van der Waals surface area contributed by atoms with E-state index in [1.165, 1.54) is 24.4 Å². The summed E-state index contributed by atoms with van der Waals surface area (Å²) in [7, 11) is -3.67. The molecule has 0 spiro atoms.